The first-order valence-electron chi connectivity index (χ1n) is 5.91. The van der Waals surface area contributed by atoms with Gasteiger partial charge in [0.1, 0.15) is 0 Å². The molecule has 2 aromatic rings. The second-order valence-corrected chi connectivity index (χ2v) is 4.19. The fourth-order valence-electron chi connectivity index (χ4n) is 1.69. The first-order valence-corrected chi connectivity index (χ1v) is 5.91. The molecule has 2 rings (SSSR count). The summed E-state index contributed by atoms with van der Waals surface area (Å²) in [6, 6.07) is 10.5. The average Bonchev–Trinajstić information content (AvgIpc) is 2.76. The van der Waals surface area contributed by atoms with Crippen LogP contribution in [0.3, 0.4) is 0 Å². The van der Waals surface area contributed by atoms with Gasteiger partial charge in [-0.1, -0.05) is 31.0 Å². The second-order valence-electron chi connectivity index (χ2n) is 4.19. The fraction of sp³-hybridized carbons (Fsp3) is 0.357. The lowest BCUT2D eigenvalue weighted by atomic mass is 10.2. The summed E-state index contributed by atoms with van der Waals surface area (Å²) in [4.78, 5) is 0. The number of unbranched alkanes of at least 4 members (excludes halogenated alkanes) is 1. The lowest BCUT2D eigenvalue weighted by Crippen LogP contribution is -1.96. The van der Waals surface area contributed by atoms with Gasteiger partial charge < -0.3 is 0 Å². The highest BCUT2D eigenvalue weighted by atomic mass is 15.3. The quantitative estimate of drug-likeness (QED) is 0.761. The molecule has 0 N–H and O–H groups in total. The molecule has 2 heteroatoms. The maximum atomic E-state index is 4.56. The SMILES string of the molecule is CCCCc1ccn(-c2ccc(C)cc2)n1. The van der Waals surface area contributed by atoms with Crippen LogP contribution in [-0.4, -0.2) is 9.78 Å². The monoisotopic (exact) mass is 214 g/mol. The van der Waals surface area contributed by atoms with Crippen molar-refractivity contribution in [1.29, 1.82) is 0 Å². The molecule has 2 nitrogen and oxygen atoms in total. The summed E-state index contributed by atoms with van der Waals surface area (Å²) in [5.74, 6) is 0. The van der Waals surface area contributed by atoms with Gasteiger partial charge in [-0.3, -0.25) is 0 Å². The summed E-state index contributed by atoms with van der Waals surface area (Å²) >= 11 is 0. The maximum absolute atomic E-state index is 4.56. The molecule has 16 heavy (non-hydrogen) atoms. The van der Waals surface area contributed by atoms with Crippen LogP contribution >= 0.6 is 0 Å². The van der Waals surface area contributed by atoms with Gasteiger partial charge in [-0.15, -0.1) is 0 Å². The minimum atomic E-state index is 1.08. The first kappa shape index (κ1) is 10.9. The Labute approximate surface area is 96.9 Å². The molecule has 0 saturated heterocycles. The van der Waals surface area contributed by atoms with Crippen LogP contribution in [0, 0.1) is 6.92 Å². The van der Waals surface area contributed by atoms with Gasteiger partial charge in [0.2, 0.25) is 0 Å². The van der Waals surface area contributed by atoms with E-state index in [1.54, 1.807) is 0 Å². The summed E-state index contributed by atoms with van der Waals surface area (Å²) in [6.45, 7) is 4.30. The Balaban J connectivity index is 2.15. The van der Waals surface area contributed by atoms with Gasteiger partial charge in [0.15, 0.2) is 0 Å². The van der Waals surface area contributed by atoms with Crippen molar-refractivity contribution in [2.45, 2.75) is 33.1 Å². The van der Waals surface area contributed by atoms with Gasteiger partial charge in [-0.25, -0.2) is 4.68 Å². The maximum Gasteiger partial charge on any atom is 0.0645 e. The fourth-order valence-corrected chi connectivity index (χ4v) is 1.69. The zero-order valence-electron chi connectivity index (χ0n) is 9.98. The van der Waals surface area contributed by atoms with Crippen LogP contribution in [0.4, 0.5) is 0 Å². The van der Waals surface area contributed by atoms with E-state index in [2.05, 4.69) is 49.3 Å². The Bertz CT molecular complexity index is 440. The average molecular weight is 214 g/mol. The molecule has 84 valence electrons. The van der Waals surface area contributed by atoms with E-state index < -0.39 is 0 Å². The summed E-state index contributed by atoms with van der Waals surface area (Å²) in [5.41, 5.74) is 3.60. The van der Waals surface area contributed by atoms with E-state index in [1.807, 2.05) is 10.9 Å². The zero-order chi connectivity index (χ0) is 11.4. The molecule has 0 aliphatic rings. The summed E-state index contributed by atoms with van der Waals surface area (Å²) < 4.78 is 1.95. The lowest BCUT2D eigenvalue weighted by molar-refractivity contribution is 0.752. The Kier molecular flexibility index (Phi) is 3.40. The first-order chi connectivity index (χ1) is 7.79. The van der Waals surface area contributed by atoms with E-state index in [1.165, 1.54) is 24.1 Å². The van der Waals surface area contributed by atoms with Crippen LogP contribution in [0.1, 0.15) is 31.0 Å². The third-order valence-corrected chi connectivity index (χ3v) is 2.73. The van der Waals surface area contributed by atoms with Crippen molar-refractivity contribution in [3.05, 3.63) is 47.8 Å². The van der Waals surface area contributed by atoms with Crippen LogP contribution in [-0.2, 0) is 6.42 Å². The normalized spacial score (nSPS) is 10.6. The zero-order valence-corrected chi connectivity index (χ0v) is 9.98. The number of hydrogen-bond donors (Lipinski definition) is 0. The molecule has 0 fully saturated rings. The number of rotatable bonds is 4. The summed E-state index contributed by atoms with van der Waals surface area (Å²) in [7, 11) is 0. The largest absolute Gasteiger partial charge is 0.241 e. The van der Waals surface area contributed by atoms with E-state index in [4.69, 9.17) is 0 Å². The Morgan fingerprint density at radius 3 is 2.56 bits per heavy atom. The predicted molar refractivity (Wildman–Crippen MR) is 66.9 cm³/mol. The van der Waals surface area contributed by atoms with E-state index in [9.17, 15) is 0 Å². The molecule has 0 radical (unpaired) electrons. The van der Waals surface area contributed by atoms with Crippen molar-refractivity contribution >= 4 is 0 Å². The molecule has 0 amide bonds. The van der Waals surface area contributed by atoms with Gasteiger partial charge in [-0.2, -0.15) is 5.10 Å². The molecule has 1 aromatic heterocycles. The van der Waals surface area contributed by atoms with Crippen LogP contribution in [0.25, 0.3) is 5.69 Å². The van der Waals surface area contributed by atoms with Gasteiger partial charge in [0.25, 0.3) is 0 Å². The Morgan fingerprint density at radius 1 is 1.12 bits per heavy atom. The highest BCUT2D eigenvalue weighted by molar-refractivity contribution is 5.33. The third kappa shape index (κ3) is 2.51. The van der Waals surface area contributed by atoms with Gasteiger partial charge in [-0.05, 0) is 38.0 Å². The van der Waals surface area contributed by atoms with Crippen LogP contribution in [0.15, 0.2) is 36.5 Å². The summed E-state index contributed by atoms with van der Waals surface area (Å²) in [6.07, 6.45) is 5.55. The van der Waals surface area contributed by atoms with Crippen LogP contribution in [0.5, 0.6) is 0 Å². The topological polar surface area (TPSA) is 17.8 Å². The van der Waals surface area contributed by atoms with Crippen LogP contribution < -0.4 is 0 Å². The van der Waals surface area contributed by atoms with Crippen molar-refractivity contribution in [3.8, 4) is 5.69 Å². The molecule has 0 aliphatic carbocycles. The molecule has 1 heterocycles. The highest BCUT2D eigenvalue weighted by Gasteiger charge is 2.00. The van der Waals surface area contributed by atoms with Crippen molar-refractivity contribution in [3.63, 3.8) is 0 Å². The standard InChI is InChI=1S/C14H18N2/c1-3-4-5-13-10-11-16(15-13)14-8-6-12(2)7-9-14/h6-11H,3-5H2,1-2H3. The van der Waals surface area contributed by atoms with E-state index in [0.29, 0.717) is 0 Å². The molecule has 0 unspecified atom stereocenters. The van der Waals surface area contributed by atoms with Gasteiger partial charge in [0.05, 0.1) is 11.4 Å². The molecular formula is C14H18N2. The lowest BCUT2D eigenvalue weighted by Gasteiger charge is -2.01. The van der Waals surface area contributed by atoms with Crippen molar-refractivity contribution in [2.75, 3.05) is 0 Å². The molecule has 0 aliphatic heterocycles. The van der Waals surface area contributed by atoms with E-state index in [0.717, 1.165) is 12.1 Å². The van der Waals surface area contributed by atoms with Crippen molar-refractivity contribution in [1.82, 2.24) is 9.78 Å². The minimum absolute atomic E-state index is 1.08. The minimum Gasteiger partial charge on any atom is -0.241 e. The smallest absolute Gasteiger partial charge is 0.0645 e. The van der Waals surface area contributed by atoms with Gasteiger partial charge in [0, 0.05) is 6.20 Å². The number of hydrogen-bond acceptors (Lipinski definition) is 1. The van der Waals surface area contributed by atoms with E-state index in [-0.39, 0.29) is 0 Å². The highest BCUT2D eigenvalue weighted by Crippen LogP contribution is 2.10. The second kappa shape index (κ2) is 4.97. The molecule has 0 atom stereocenters. The molecule has 0 spiro atoms. The predicted octanol–water partition coefficient (Wildman–Crippen LogP) is 3.52. The molecule has 0 bridgehead atoms. The number of nitrogens with zero attached hydrogens (tertiary/aromatic N) is 2. The Hall–Kier alpha value is -1.57. The number of aromatic nitrogens is 2. The third-order valence-electron chi connectivity index (χ3n) is 2.73. The van der Waals surface area contributed by atoms with Crippen LogP contribution in [0.2, 0.25) is 0 Å². The summed E-state index contributed by atoms with van der Waals surface area (Å²) in [5, 5.41) is 4.56. The van der Waals surface area contributed by atoms with Crippen molar-refractivity contribution in [2.24, 2.45) is 0 Å². The van der Waals surface area contributed by atoms with E-state index >= 15 is 0 Å². The molecular weight excluding hydrogens is 196 g/mol. The van der Waals surface area contributed by atoms with Gasteiger partial charge >= 0.3 is 0 Å². The number of benzene rings is 1. The molecule has 0 saturated carbocycles. The van der Waals surface area contributed by atoms with Crippen molar-refractivity contribution < 1.29 is 0 Å². The Morgan fingerprint density at radius 2 is 1.88 bits per heavy atom. The number of aryl methyl sites for hydroxylation is 2. The molecule has 1 aromatic carbocycles.